The Labute approximate surface area is 223 Å². The third-order valence-electron chi connectivity index (χ3n) is 6.63. The number of amides is 1. The molecule has 40 heavy (non-hydrogen) atoms. The summed E-state index contributed by atoms with van der Waals surface area (Å²) in [4.78, 5) is 12.4. The van der Waals surface area contributed by atoms with E-state index in [0.29, 0.717) is 21.8 Å². The van der Waals surface area contributed by atoms with Gasteiger partial charge in [-0.2, -0.15) is 0 Å². The van der Waals surface area contributed by atoms with Gasteiger partial charge in [0.2, 0.25) is 10.0 Å². The van der Waals surface area contributed by atoms with Crippen molar-refractivity contribution in [2.45, 2.75) is 29.4 Å². The Bertz CT molecular complexity index is 1650. The predicted octanol–water partition coefficient (Wildman–Crippen LogP) is 4.21. The lowest BCUT2D eigenvalue weighted by Gasteiger charge is -2.41. The average Bonchev–Trinajstić information content (AvgIpc) is 3.17. The quantitative estimate of drug-likeness (QED) is 0.302. The predicted molar refractivity (Wildman–Crippen MR) is 131 cm³/mol. The first-order valence-electron chi connectivity index (χ1n) is 11.7. The molecule has 0 radical (unpaired) electrons. The van der Waals surface area contributed by atoms with Crippen LogP contribution in [0, 0.1) is 11.6 Å². The number of carboxylic acid groups (broad SMARTS) is 1. The number of benzene rings is 3. The van der Waals surface area contributed by atoms with Gasteiger partial charge in [-0.3, -0.25) is 0 Å². The molecule has 2 heterocycles. The molecule has 4 aromatic rings. The van der Waals surface area contributed by atoms with Gasteiger partial charge in [0.1, 0.15) is 17.4 Å². The monoisotopic (exact) mass is 585 g/mol. The van der Waals surface area contributed by atoms with Crippen LogP contribution >= 0.6 is 0 Å². The van der Waals surface area contributed by atoms with Crippen LogP contribution in [0.1, 0.15) is 6.04 Å². The largest absolute Gasteiger partial charge is 0.573 e. The van der Waals surface area contributed by atoms with Gasteiger partial charge in [0.05, 0.1) is 23.1 Å². The van der Waals surface area contributed by atoms with Gasteiger partial charge in [0.15, 0.2) is 0 Å². The lowest BCUT2D eigenvalue weighted by Crippen LogP contribution is -2.60. The number of aliphatic hydroxyl groups is 1. The average molecular weight is 586 g/mol. The molecule has 212 valence electrons. The molecule has 1 amide bonds. The number of ether oxygens (including phenoxy) is 1. The molecule has 1 saturated heterocycles. The molecule has 5 rings (SSSR count). The van der Waals surface area contributed by atoms with E-state index in [1.807, 2.05) is 0 Å². The molecule has 15 heteroatoms. The van der Waals surface area contributed by atoms with Crippen molar-refractivity contribution in [3.63, 3.8) is 0 Å². The zero-order valence-corrected chi connectivity index (χ0v) is 21.0. The van der Waals surface area contributed by atoms with Gasteiger partial charge in [-0.25, -0.2) is 26.7 Å². The summed E-state index contributed by atoms with van der Waals surface area (Å²) in [5.74, 6) is -1.87. The standard InChI is InChI=1S/C25H20F5N3O6S/c26-13-1-7-20-17(9-13)18-10-14(27)2-8-21(18)33(20)22-12-32(24(35)36)11-19(23(22)34)31-40(37,38)16-5-3-15(4-6-16)39-25(28,29)30/h1-10,19,22-23,31,34H,11-12H2,(H,35,36). The molecule has 3 atom stereocenters. The van der Waals surface area contributed by atoms with E-state index in [9.17, 15) is 45.4 Å². The van der Waals surface area contributed by atoms with Crippen molar-refractivity contribution in [1.82, 2.24) is 14.2 Å². The highest BCUT2D eigenvalue weighted by Gasteiger charge is 2.42. The maximum atomic E-state index is 14.1. The number of hydrogen-bond donors (Lipinski definition) is 3. The SMILES string of the molecule is O=C(O)N1CC(NS(=O)(=O)c2ccc(OC(F)(F)F)cc2)C(O)C(n2c3ccc(F)cc3c3cc(F)ccc32)C1. The number of fused-ring (bicyclic) bond motifs is 3. The van der Waals surface area contributed by atoms with E-state index in [-0.39, 0.29) is 6.54 Å². The van der Waals surface area contributed by atoms with E-state index in [1.54, 1.807) is 0 Å². The van der Waals surface area contributed by atoms with Gasteiger partial charge in [-0.1, -0.05) is 0 Å². The third kappa shape index (κ3) is 5.26. The van der Waals surface area contributed by atoms with Crippen LogP contribution in [0.25, 0.3) is 21.8 Å². The van der Waals surface area contributed by atoms with Crippen molar-refractivity contribution < 1.29 is 50.1 Å². The van der Waals surface area contributed by atoms with E-state index >= 15 is 0 Å². The van der Waals surface area contributed by atoms with Crippen molar-refractivity contribution in [2.24, 2.45) is 0 Å². The fraction of sp³-hybridized carbons (Fsp3) is 0.240. The summed E-state index contributed by atoms with van der Waals surface area (Å²) < 4.78 is 99.2. The number of piperidine rings is 1. The zero-order valence-electron chi connectivity index (χ0n) is 20.1. The van der Waals surface area contributed by atoms with Crippen LogP contribution in [-0.2, 0) is 10.0 Å². The smallest absolute Gasteiger partial charge is 0.465 e. The van der Waals surface area contributed by atoms with Crippen LogP contribution in [0.15, 0.2) is 65.6 Å². The number of nitrogens with one attached hydrogen (secondary N) is 1. The molecular formula is C25H20F5N3O6S. The second kappa shape index (κ2) is 9.91. The van der Waals surface area contributed by atoms with Crippen molar-refractivity contribution in [3.8, 4) is 5.75 Å². The summed E-state index contributed by atoms with van der Waals surface area (Å²) in [6.45, 7) is -0.742. The van der Waals surface area contributed by atoms with E-state index in [1.165, 1.54) is 28.8 Å². The van der Waals surface area contributed by atoms with Crippen LogP contribution < -0.4 is 9.46 Å². The molecule has 0 bridgehead atoms. The van der Waals surface area contributed by atoms with Gasteiger partial charge in [0, 0.05) is 34.9 Å². The van der Waals surface area contributed by atoms with Crippen molar-refractivity contribution in [2.75, 3.05) is 13.1 Å². The third-order valence-corrected chi connectivity index (χ3v) is 8.14. The number of carbonyl (C=O) groups is 1. The number of aliphatic hydroxyl groups excluding tert-OH is 1. The zero-order chi connectivity index (χ0) is 29.0. The fourth-order valence-electron chi connectivity index (χ4n) is 4.96. The number of likely N-dealkylation sites (tertiary alicyclic amines) is 1. The topological polar surface area (TPSA) is 121 Å². The molecule has 3 N–H and O–H groups in total. The normalized spacial score (nSPS) is 20.2. The molecule has 1 aromatic heterocycles. The summed E-state index contributed by atoms with van der Waals surface area (Å²) in [5, 5.41) is 21.7. The lowest BCUT2D eigenvalue weighted by atomic mass is 9.97. The Morgan fingerprint density at radius 3 is 1.98 bits per heavy atom. The molecule has 0 aliphatic carbocycles. The fourth-order valence-corrected chi connectivity index (χ4v) is 6.21. The number of rotatable bonds is 5. The summed E-state index contributed by atoms with van der Waals surface area (Å²) in [7, 11) is -4.47. The van der Waals surface area contributed by atoms with Gasteiger partial charge in [-0.05, 0) is 60.7 Å². The minimum absolute atomic E-state index is 0.286. The van der Waals surface area contributed by atoms with Gasteiger partial charge in [0.25, 0.3) is 0 Å². The van der Waals surface area contributed by atoms with Crippen LogP contribution in [0.5, 0.6) is 5.75 Å². The second-order valence-electron chi connectivity index (χ2n) is 9.19. The Morgan fingerprint density at radius 1 is 0.925 bits per heavy atom. The molecular weight excluding hydrogens is 565 g/mol. The highest BCUT2D eigenvalue weighted by molar-refractivity contribution is 7.89. The second-order valence-corrected chi connectivity index (χ2v) is 10.9. The van der Waals surface area contributed by atoms with Crippen LogP contribution in [0.4, 0.5) is 26.7 Å². The minimum atomic E-state index is -4.98. The molecule has 3 unspecified atom stereocenters. The maximum Gasteiger partial charge on any atom is 0.573 e. The summed E-state index contributed by atoms with van der Waals surface area (Å²) in [6, 6.07) is 8.21. The van der Waals surface area contributed by atoms with Crippen LogP contribution in [0.2, 0.25) is 0 Å². The molecule has 0 spiro atoms. The maximum absolute atomic E-state index is 14.1. The molecule has 0 saturated carbocycles. The number of alkyl halides is 3. The van der Waals surface area contributed by atoms with Crippen LogP contribution in [-0.4, -0.2) is 65.8 Å². The minimum Gasteiger partial charge on any atom is -0.465 e. The van der Waals surface area contributed by atoms with Crippen molar-refractivity contribution >= 4 is 37.9 Å². The molecule has 1 fully saturated rings. The molecule has 1 aliphatic rings. The first-order valence-corrected chi connectivity index (χ1v) is 13.1. The Kier molecular flexibility index (Phi) is 6.84. The first kappa shape index (κ1) is 27.6. The number of sulfonamides is 1. The Morgan fingerprint density at radius 2 is 1.48 bits per heavy atom. The lowest BCUT2D eigenvalue weighted by molar-refractivity contribution is -0.274. The summed E-state index contributed by atoms with van der Waals surface area (Å²) in [6.07, 6.45) is -7.93. The summed E-state index contributed by atoms with van der Waals surface area (Å²) >= 11 is 0. The molecule has 3 aromatic carbocycles. The van der Waals surface area contributed by atoms with Gasteiger partial charge in [-0.15, -0.1) is 13.2 Å². The van der Waals surface area contributed by atoms with Crippen molar-refractivity contribution in [3.05, 3.63) is 72.3 Å². The van der Waals surface area contributed by atoms with Crippen LogP contribution in [0.3, 0.4) is 0 Å². The highest BCUT2D eigenvalue weighted by Crippen LogP contribution is 2.36. The highest BCUT2D eigenvalue weighted by atomic mass is 32.2. The molecule has 1 aliphatic heterocycles. The Balaban J connectivity index is 1.53. The number of nitrogens with zero attached hydrogens (tertiary/aromatic N) is 2. The van der Waals surface area contributed by atoms with Gasteiger partial charge >= 0.3 is 12.5 Å². The number of aromatic nitrogens is 1. The van der Waals surface area contributed by atoms with E-state index in [2.05, 4.69) is 9.46 Å². The number of hydrogen-bond acceptors (Lipinski definition) is 5. The van der Waals surface area contributed by atoms with E-state index < -0.39 is 69.5 Å². The first-order chi connectivity index (χ1) is 18.7. The van der Waals surface area contributed by atoms with E-state index in [4.69, 9.17) is 0 Å². The van der Waals surface area contributed by atoms with Gasteiger partial charge < -0.3 is 24.4 Å². The van der Waals surface area contributed by atoms with E-state index in [0.717, 1.165) is 41.3 Å². The number of halogens is 5. The Hall–Kier alpha value is -3.95. The molecule has 9 nitrogen and oxygen atoms in total. The van der Waals surface area contributed by atoms with Crippen molar-refractivity contribution in [1.29, 1.82) is 0 Å². The summed E-state index contributed by atoms with van der Waals surface area (Å²) in [5.41, 5.74) is 0.695.